The van der Waals surface area contributed by atoms with E-state index >= 15 is 0 Å². The van der Waals surface area contributed by atoms with Gasteiger partial charge in [0, 0.05) is 31.1 Å². The van der Waals surface area contributed by atoms with E-state index < -0.39 is 36.1 Å². The standard InChI is InChI=1S/C33H46N6O5S/c1-7-45(6)38-17-9-11-29(40)36-30(21(2)3)31(41)34-22(4)32(42)39-18-8-10-27(37-39)33(43)44-23(5)26-15-14-25-13-12-24(16-19-38)20-28(25)35-26/h7,12-16,19-23,27,30,37H,8-11,17-18H2,1-6H3,(H,34,41)(H,36,40)/b19-16+/t22-,23+,27-,30-,45?/m0/s1. The van der Waals surface area contributed by atoms with Crippen molar-refractivity contribution in [2.24, 2.45) is 5.92 Å². The van der Waals surface area contributed by atoms with Crippen LogP contribution in [0.4, 0.5) is 0 Å². The molecule has 0 aliphatic carbocycles. The molecular formula is C33H46N6O5S. The average molecular weight is 639 g/mol. The SMILES string of the molecule is C/C=S(\C)N1/C=C/c2ccc3ccc(nc3c2)[C@@H](C)OC(=O)[C@@H]2CCCN(N2)C(=O)[C@H](C)NC(=O)[C@H](C(C)C)NC(=O)CCC1. The summed E-state index contributed by atoms with van der Waals surface area (Å²) in [4.78, 5) is 57.4. The van der Waals surface area contributed by atoms with Crippen molar-refractivity contribution >= 4 is 56.7 Å². The maximum Gasteiger partial charge on any atom is 0.325 e. The number of hydrogen-bond acceptors (Lipinski definition) is 8. The highest BCUT2D eigenvalue weighted by molar-refractivity contribution is 8.12. The Morgan fingerprint density at radius 2 is 1.80 bits per heavy atom. The lowest BCUT2D eigenvalue weighted by molar-refractivity contribution is -0.157. The van der Waals surface area contributed by atoms with Crippen molar-refractivity contribution in [3.63, 3.8) is 0 Å². The van der Waals surface area contributed by atoms with Crippen molar-refractivity contribution in [3.8, 4) is 0 Å². The van der Waals surface area contributed by atoms with Gasteiger partial charge in [-0.15, -0.1) is 10.7 Å². The number of fused-ring (bicyclic) bond motifs is 4. The van der Waals surface area contributed by atoms with Gasteiger partial charge in [-0.25, -0.2) is 10.4 Å². The van der Waals surface area contributed by atoms with E-state index in [1.54, 1.807) is 13.8 Å². The van der Waals surface area contributed by atoms with Gasteiger partial charge in [-0.1, -0.05) is 32.0 Å². The smallest absolute Gasteiger partial charge is 0.325 e. The summed E-state index contributed by atoms with van der Waals surface area (Å²) in [5.41, 5.74) is 5.38. The Labute approximate surface area is 268 Å². The molecule has 0 saturated carbocycles. The number of hydrazine groups is 1. The Bertz CT molecular complexity index is 1480. The van der Waals surface area contributed by atoms with Gasteiger partial charge in [0.1, 0.15) is 24.2 Å². The quantitative estimate of drug-likeness (QED) is 0.335. The number of amides is 3. The highest BCUT2D eigenvalue weighted by atomic mass is 32.2. The van der Waals surface area contributed by atoms with Crippen molar-refractivity contribution < 1.29 is 23.9 Å². The summed E-state index contributed by atoms with van der Waals surface area (Å²) in [6.45, 7) is 10.1. The lowest BCUT2D eigenvalue weighted by Crippen LogP contribution is -2.61. The molecule has 1 saturated heterocycles. The first-order valence-electron chi connectivity index (χ1n) is 15.6. The summed E-state index contributed by atoms with van der Waals surface area (Å²) in [5.74, 6) is -1.69. The number of nitrogens with one attached hydrogen (secondary N) is 3. The summed E-state index contributed by atoms with van der Waals surface area (Å²) in [7, 11) is -0.160. The van der Waals surface area contributed by atoms with Gasteiger partial charge in [-0.2, -0.15) is 0 Å². The summed E-state index contributed by atoms with van der Waals surface area (Å²) < 4.78 is 8.00. The molecule has 1 aromatic carbocycles. The van der Waals surface area contributed by atoms with Crippen LogP contribution in [0.3, 0.4) is 0 Å². The van der Waals surface area contributed by atoms with E-state index in [-0.39, 0.29) is 34.8 Å². The summed E-state index contributed by atoms with van der Waals surface area (Å²) in [6.07, 6.45) is 7.55. The number of esters is 1. The molecule has 4 rings (SSSR count). The number of carbonyl (C=O) groups is 4. The van der Waals surface area contributed by atoms with Gasteiger partial charge in [-0.3, -0.25) is 24.2 Å². The minimum absolute atomic E-state index is 0.160. The predicted molar refractivity (Wildman–Crippen MR) is 179 cm³/mol. The minimum Gasteiger partial charge on any atom is -0.455 e. The van der Waals surface area contributed by atoms with Crippen molar-refractivity contribution in [2.75, 3.05) is 19.3 Å². The molecule has 1 aromatic heterocycles. The van der Waals surface area contributed by atoms with Crippen molar-refractivity contribution in [1.29, 1.82) is 0 Å². The first kappa shape index (κ1) is 34.1. The molecule has 12 heteroatoms. The molecule has 11 nitrogen and oxygen atoms in total. The van der Waals surface area contributed by atoms with Crippen LogP contribution in [0.1, 0.15) is 77.7 Å². The van der Waals surface area contributed by atoms with E-state index in [0.717, 1.165) is 16.5 Å². The third kappa shape index (κ3) is 8.91. The minimum atomic E-state index is -0.873. The molecule has 3 N–H and O–H groups in total. The van der Waals surface area contributed by atoms with Gasteiger partial charge < -0.3 is 19.7 Å². The largest absolute Gasteiger partial charge is 0.455 e. The molecule has 2 aliphatic heterocycles. The molecular weight excluding hydrogens is 592 g/mol. The Kier molecular flexibility index (Phi) is 11.7. The topological polar surface area (TPSA) is 133 Å². The lowest BCUT2D eigenvalue weighted by atomic mass is 10.0. The molecule has 3 heterocycles. The molecule has 1 fully saturated rings. The second-order valence-corrected chi connectivity index (χ2v) is 13.9. The normalized spacial score (nSPS) is 26.0. The molecule has 0 spiro atoms. The molecule has 2 aromatic rings. The number of cyclic esters (lactones) is 1. The third-order valence-electron chi connectivity index (χ3n) is 8.11. The maximum absolute atomic E-state index is 13.3. The Hall–Kier alpha value is -3.77. The zero-order chi connectivity index (χ0) is 32.7. The molecule has 5 bridgehead atoms. The lowest BCUT2D eigenvalue weighted by Gasteiger charge is -2.35. The fourth-order valence-corrected chi connectivity index (χ4v) is 6.25. The van der Waals surface area contributed by atoms with Crippen LogP contribution in [0.15, 0.2) is 36.5 Å². The molecule has 1 unspecified atom stereocenters. The predicted octanol–water partition coefficient (Wildman–Crippen LogP) is 3.68. The van der Waals surface area contributed by atoms with Crippen LogP contribution in [0.25, 0.3) is 17.0 Å². The second kappa shape index (κ2) is 15.5. The third-order valence-corrected chi connectivity index (χ3v) is 9.83. The van der Waals surface area contributed by atoms with Crippen LogP contribution in [0.2, 0.25) is 0 Å². The van der Waals surface area contributed by atoms with Crippen LogP contribution < -0.4 is 16.1 Å². The number of aromatic nitrogens is 1. The van der Waals surface area contributed by atoms with Crippen LogP contribution in [0, 0.1) is 5.92 Å². The molecule has 5 atom stereocenters. The average Bonchev–Trinajstić information content (AvgIpc) is 3.03. The van der Waals surface area contributed by atoms with Crippen molar-refractivity contribution in [1.82, 2.24) is 30.4 Å². The van der Waals surface area contributed by atoms with Gasteiger partial charge in [0.25, 0.3) is 5.91 Å². The van der Waals surface area contributed by atoms with Gasteiger partial charge in [-0.05, 0) is 81.3 Å². The van der Waals surface area contributed by atoms with Crippen LogP contribution in [-0.4, -0.2) is 80.8 Å². The van der Waals surface area contributed by atoms with Gasteiger partial charge in [0.15, 0.2) is 0 Å². The monoisotopic (exact) mass is 638 g/mol. The summed E-state index contributed by atoms with van der Waals surface area (Å²) in [6, 6.07) is 7.48. The van der Waals surface area contributed by atoms with Crippen molar-refractivity contribution in [2.45, 2.75) is 84.5 Å². The molecule has 3 amide bonds. The molecule has 45 heavy (non-hydrogen) atoms. The van der Waals surface area contributed by atoms with Crippen molar-refractivity contribution in [3.05, 3.63) is 47.8 Å². The number of carbonyl (C=O) groups excluding carboxylic acids is 4. The first-order chi connectivity index (χ1) is 21.5. The van der Waals surface area contributed by atoms with Crippen LogP contribution >= 0.6 is 10.7 Å². The van der Waals surface area contributed by atoms with E-state index in [1.807, 2.05) is 63.4 Å². The molecule has 244 valence electrons. The van der Waals surface area contributed by atoms with Crippen LogP contribution in [-0.2, 0) is 23.9 Å². The highest BCUT2D eigenvalue weighted by Gasteiger charge is 2.34. The number of hydrogen-bond donors (Lipinski definition) is 3. The Morgan fingerprint density at radius 1 is 1.04 bits per heavy atom. The zero-order valence-electron chi connectivity index (χ0n) is 27.0. The van der Waals surface area contributed by atoms with E-state index in [4.69, 9.17) is 9.72 Å². The fourth-order valence-electron chi connectivity index (χ4n) is 5.31. The summed E-state index contributed by atoms with van der Waals surface area (Å²) in [5, 5.41) is 10.1. The van der Waals surface area contributed by atoms with E-state index in [2.05, 4.69) is 32.0 Å². The van der Waals surface area contributed by atoms with Gasteiger partial charge in [0.05, 0.1) is 11.2 Å². The second-order valence-electron chi connectivity index (χ2n) is 11.9. The molecule has 2 aliphatic rings. The van der Waals surface area contributed by atoms with E-state index in [9.17, 15) is 19.2 Å². The molecule has 0 radical (unpaired) electrons. The fraction of sp³-hybridized carbons (Fsp3) is 0.515. The Balaban J connectivity index is 1.63. The van der Waals surface area contributed by atoms with Gasteiger partial charge in [0.2, 0.25) is 11.8 Å². The number of ether oxygens (including phenoxy) is 1. The number of rotatable bonds is 2. The van der Waals surface area contributed by atoms with E-state index in [0.29, 0.717) is 38.0 Å². The zero-order valence-corrected chi connectivity index (χ0v) is 27.9. The number of pyridine rings is 1. The number of nitrogens with zero attached hydrogens (tertiary/aromatic N) is 3. The maximum atomic E-state index is 13.3. The first-order valence-corrected chi connectivity index (χ1v) is 17.3. The van der Waals surface area contributed by atoms with E-state index in [1.165, 1.54) is 5.01 Å². The highest BCUT2D eigenvalue weighted by Crippen LogP contribution is 2.23. The van der Waals surface area contributed by atoms with Crippen LogP contribution in [0.5, 0.6) is 0 Å². The number of benzene rings is 1. The Morgan fingerprint density at radius 3 is 2.53 bits per heavy atom. The summed E-state index contributed by atoms with van der Waals surface area (Å²) >= 11 is 0. The van der Waals surface area contributed by atoms with Gasteiger partial charge >= 0.3 is 5.97 Å².